The van der Waals surface area contributed by atoms with Gasteiger partial charge in [-0.15, -0.1) is 0 Å². The van der Waals surface area contributed by atoms with Crippen molar-refractivity contribution in [1.82, 2.24) is 4.90 Å². The molecule has 0 spiro atoms. The van der Waals surface area contributed by atoms with Crippen LogP contribution in [-0.2, 0) is 4.79 Å². The molecule has 2 N–H and O–H groups in total. The van der Waals surface area contributed by atoms with Gasteiger partial charge in [0.25, 0.3) is 0 Å². The number of aliphatic carboxylic acids is 1. The molecule has 0 aromatic carbocycles. The Morgan fingerprint density at radius 3 is 2.80 bits per heavy atom. The maximum atomic E-state index is 11.1. The number of carbonyl (C=O) groups is 1. The van der Waals surface area contributed by atoms with Crippen molar-refractivity contribution in [2.45, 2.75) is 38.6 Å². The minimum atomic E-state index is -0.703. The van der Waals surface area contributed by atoms with Gasteiger partial charge in [-0.05, 0) is 44.7 Å². The Labute approximate surface area is 90.9 Å². The van der Waals surface area contributed by atoms with Crippen LogP contribution in [0.15, 0.2) is 0 Å². The summed E-state index contributed by atoms with van der Waals surface area (Å²) in [4.78, 5) is 13.1. The number of likely N-dealkylation sites (tertiary alicyclic amines) is 1. The lowest BCUT2D eigenvalue weighted by Crippen LogP contribution is -2.47. The van der Waals surface area contributed by atoms with Crippen molar-refractivity contribution in [3.8, 4) is 0 Å². The number of aliphatic hydroxyl groups is 1. The second kappa shape index (κ2) is 6.08. The molecule has 0 radical (unpaired) electrons. The molecule has 88 valence electrons. The Morgan fingerprint density at radius 2 is 2.20 bits per heavy atom. The highest BCUT2D eigenvalue weighted by Gasteiger charge is 2.30. The number of nitrogens with zero attached hydrogens (tertiary/aromatic N) is 1. The summed E-state index contributed by atoms with van der Waals surface area (Å²) in [5.41, 5.74) is 0. The van der Waals surface area contributed by atoms with Crippen LogP contribution in [0.5, 0.6) is 0 Å². The first-order valence-corrected chi connectivity index (χ1v) is 5.73. The summed E-state index contributed by atoms with van der Waals surface area (Å²) in [7, 11) is 0. The zero-order valence-electron chi connectivity index (χ0n) is 9.35. The number of hydrogen-bond donors (Lipinski definition) is 2. The molecule has 1 aliphatic rings. The van der Waals surface area contributed by atoms with Gasteiger partial charge in [0.05, 0.1) is 0 Å². The van der Waals surface area contributed by atoms with Gasteiger partial charge in [0, 0.05) is 6.61 Å². The third kappa shape index (κ3) is 3.80. The number of unbranched alkanes of at least 4 members (excludes halogenated alkanes) is 1. The van der Waals surface area contributed by atoms with E-state index in [1.807, 2.05) is 4.90 Å². The lowest BCUT2D eigenvalue weighted by Gasteiger charge is -2.35. The van der Waals surface area contributed by atoms with E-state index in [1.165, 1.54) is 0 Å². The van der Waals surface area contributed by atoms with Crippen LogP contribution in [0, 0.1) is 5.92 Å². The van der Waals surface area contributed by atoms with Crippen molar-refractivity contribution in [2.75, 3.05) is 19.7 Å². The summed E-state index contributed by atoms with van der Waals surface area (Å²) < 4.78 is 0. The molecule has 1 aliphatic heterocycles. The molecule has 1 rings (SSSR count). The van der Waals surface area contributed by atoms with Crippen LogP contribution in [0.25, 0.3) is 0 Å². The Bertz CT molecular complexity index is 208. The zero-order valence-corrected chi connectivity index (χ0v) is 9.35. The molecule has 1 fully saturated rings. The quantitative estimate of drug-likeness (QED) is 0.670. The molecule has 15 heavy (non-hydrogen) atoms. The number of carboxylic acids is 1. The zero-order chi connectivity index (χ0) is 11.3. The molecule has 0 bridgehead atoms. The van der Waals surface area contributed by atoms with Crippen LogP contribution in [0.1, 0.15) is 32.6 Å². The Morgan fingerprint density at radius 1 is 1.47 bits per heavy atom. The van der Waals surface area contributed by atoms with Crippen LogP contribution in [0.3, 0.4) is 0 Å². The summed E-state index contributed by atoms with van der Waals surface area (Å²) >= 11 is 0. The monoisotopic (exact) mass is 215 g/mol. The first kappa shape index (κ1) is 12.5. The maximum absolute atomic E-state index is 11.1. The largest absolute Gasteiger partial charge is 0.480 e. The predicted octanol–water partition coefficient (Wildman–Crippen LogP) is 0.944. The molecule has 4 nitrogen and oxygen atoms in total. The van der Waals surface area contributed by atoms with Gasteiger partial charge in [-0.2, -0.15) is 0 Å². The number of aliphatic hydroxyl groups excluding tert-OH is 1. The van der Waals surface area contributed by atoms with Gasteiger partial charge in [-0.3, -0.25) is 9.69 Å². The van der Waals surface area contributed by atoms with Crippen molar-refractivity contribution in [3.05, 3.63) is 0 Å². The van der Waals surface area contributed by atoms with Crippen molar-refractivity contribution < 1.29 is 15.0 Å². The van der Waals surface area contributed by atoms with E-state index in [9.17, 15) is 4.79 Å². The summed E-state index contributed by atoms with van der Waals surface area (Å²) in [6.07, 6.45) is 3.49. The SMILES string of the molecule is CC1CCN(CCCCO)C(C(=O)O)C1. The number of piperidine rings is 1. The summed E-state index contributed by atoms with van der Waals surface area (Å²) in [5, 5.41) is 17.8. The van der Waals surface area contributed by atoms with Crippen molar-refractivity contribution in [3.63, 3.8) is 0 Å². The van der Waals surface area contributed by atoms with Gasteiger partial charge in [0.15, 0.2) is 0 Å². The number of rotatable bonds is 5. The van der Waals surface area contributed by atoms with E-state index in [0.29, 0.717) is 5.92 Å². The van der Waals surface area contributed by atoms with E-state index in [-0.39, 0.29) is 12.6 Å². The Kier molecular flexibility index (Phi) is 5.05. The van der Waals surface area contributed by atoms with E-state index in [2.05, 4.69) is 6.92 Å². The molecule has 0 saturated carbocycles. The molecule has 4 heteroatoms. The highest BCUT2D eigenvalue weighted by molar-refractivity contribution is 5.73. The molecule has 0 aromatic rings. The van der Waals surface area contributed by atoms with Gasteiger partial charge in [0.1, 0.15) is 6.04 Å². The second-order valence-corrected chi connectivity index (χ2v) is 4.45. The van der Waals surface area contributed by atoms with Gasteiger partial charge in [-0.25, -0.2) is 0 Å². The highest BCUT2D eigenvalue weighted by Crippen LogP contribution is 2.22. The molecule has 0 amide bonds. The smallest absolute Gasteiger partial charge is 0.320 e. The molecule has 1 saturated heterocycles. The first-order chi connectivity index (χ1) is 7.15. The minimum absolute atomic E-state index is 0.196. The minimum Gasteiger partial charge on any atom is -0.480 e. The lowest BCUT2D eigenvalue weighted by molar-refractivity contribution is -0.145. The fourth-order valence-electron chi connectivity index (χ4n) is 2.14. The van der Waals surface area contributed by atoms with Crippen molar-refractivity contribution >= 4 is 5.97 Å². The van der Waals surface area contributed by atoms with Gasteiger partial charge < -0.3 is 10.2 Å². The van der Waals surface area contributed by atoms with E-state index >= 15 is 0 Å². The molecule has 2 unspecified atom stereocenters. The average molecular weight is 215 g/mol. The second-order valence-electron chi connectivity index (χ2n) is 4.45. The molecule has 2 atom stereocenters. The van der Waals surface area contributed by atoms with Gasteiger partial charge in [-0.1, -0.05) is 6.92 Å². The molecule has 1 heterocycles. The fourth-order valence-corrected chi connectivity index (χ4v) is 2.14. The van der Waals surface area contributed by atoms with E-state index in [0.717, 1.165) is 38.8 Å². The van der Waals surface area contributed by atoms with Crippen LogP contribution < -0.4 is 0 Å². The number of carboxylic acid groups (broad SMARTS) is 1. The van der Waals surface area contributed by atoms with Crippen LogP contribution in [0.4, 0.5) is 0 Å². The molecular formula is C11H21NO3. The van der Waals surface area contributed by atoms with Crippen LogP contribution >= 0.6 is 0 Å². The van der Waals surface area contributed by atoms with Crippen LogP contribution in [0.2, 0.25) is 0 Å². The van der Waals surface area contributed by atoms with Crippen molar-refractivity contribution in [1.29, 1.82) is 0 Å². The topological polar surface area (TPSA) is 60.8 Å². The maximum Gasteiger partial charge on any atom is 0.320 e. The third-order valence-corrected chi connectivity index (χ3v) is 3.11. The Balaban J connectivity index is 2.42. The lowest BCUT2D eigenvalue weighted by atomic mass is 9.92. The molecule has 0 aromatic heterocycles. The standard InChI is InChI=1S/C11H21NO3/c1-9-4-6-12(5-2-3-7-13)10(8-9)11(14)15/h9-10,13H,2-8H2,1H3,(H,14,15). The summed E-state index contributed by atoms with van der Waals surface area (Å²) in [6, 6.07) is -0.313. The Hall–Kier alpha value is -0.610. The summed E-state index contributed by atoms with van der Waals surface area (Å²) in [5.74, 6) is -0.189. The van der Waals surface area contributed by atoms with E-state index in [4.69, 9.17) is 10.2 Å². The normalized spacial score (nSPS) is 27.9. The molecular weight excluding hydrogens is 194 g/mol. The highest BCUT2D eigenvalue weighted by atomic mass is 16.4. The predicted molar refractivity (Wildman–Crippen MR) is 57.7 cm³/mol. The first-order valence-electron chi connectivity index (χ1n) is 5.73. The van der Waals surface area contributed by atoms with E-state index < -0.39 is 5.97 Å². The summed E-state index contributed by atoms with van der Waals surface area (Å²) in [6.45, 7) is 3.98. The van der Waals surface area contributed by atoms with Gasteiger partial charge >= 0.3 is 5.97 Å². The fraction of sp³-hybridized carbons (Fsp3) is 0.909. The molecule has 0 aliphatic carbocycles. The third-order valence-electron chi connectivity index (χ3n) is 3.11. The van der Waals surface area contributed by atoms with Gasteiger partial charge in [0.2, 0.25) is 0 Å². The van der Waals surface area contributed by atoms with Crippen molar-refractivity contribution in [2.24, 2.45) is 5.92 Å². The number of hydrogen-bond acceptors (Lipinski definition) is 3. The van der Waals surface area contributed by atoms with E-state index in [1.54, 1.807) is 0 Å². The average Bonchev–Trinajstić information content (AvgIpc) is 2.20. The van der Waals surface area contributed by atoms with Crippen LogP contribution in [-0.4, -0.2) is 46.8 Å².